The fourth-order valence-corrected chi connectivity index (χ4v) is 3.04. The number of piperidine rings is 1. The molecule has 2 aliphatic rings. The topological polar surface area (TPSA) is 24.5 Å². The van der Waals surface area contributed by atoms with Crippen LogP contribution in [0.1, 0.15) is 53.4 Å². The lowest BCUT2D eigenvalue weighted by molar-refractivity contribution is -0.0862. The van der Waals surface area contributed by atoms with Gasteiger partial charge >= 0.3 is 0 Å². The van der Waals surface area contributed by atoms with Crippen LogP contribution in [0.2, 0.25) is 0 Å². The number of hydrogen-bond acceptors (Lipinski definition) is 3. The van der Waals surface area contributed by atoms with Crippen LogP contribution in [0.4, 0.5) is 0 Å². The summed E-state index contributed by atoms with van der Waals surface area (Å²) in [5, 5.41) is 3.65. The first-order valence-corrected chi connectivity index (χ1v) is 7.62. The molecule has 0 aromatic heterocycles. The molecule has 0 bridgehead atoms. The van der Waals surface area contributed by atoms with Gasteiger partial charge in [-0.05, 0) is 53.0 Å². The third kappa shape index (κ3) is 4.22. The third-order valence-electron chi connectivity index (χ3n) is 4.10. The van der Waals surface area contributed by atoms with Crippen LogP contribution in [0, 0.1) is 0 Å². The third-order valence-corrected chi connectivity index (χ3v) is 4.10. The first kappa shape index (κ1) is 14.3. The Balaban J connectivity index is 1.60. The molecular formula is C15H30N2O. The van der Waals surface area contributed by atoms with E-state index in [0.29, 0.717) is 18.2 Å². The molecule has 0 aromatic carbocycles. The molecule has 0 radical (unpaired) electrons. The standard InChI is InChI=1S/C15H30N2O/c1-5-17-8-6-13(7-9-17)18-14-10-12(11-14)16-15(2,3)4/h12-14,16H,5-11H2,1-4H3. The molecule has 0 spiro atoms. The van der Waals surface area contributed by atoms with Gasteiger partial charge in [-0.25, -0.2) is 0 Å². The van der Waals surface area contributed by atoms with E-state index in [0.717, 1.165) is 0 Å². The van der Waals surface area contributed by atoms with Crippen LogP contribution in [0.25, 0.3) is 0 Å². The molecular weight excluding hydrogens is 224 g/mol. The van der Waals surface area contributed by atoms with Crippen molar-refractivity contribution in [3.8, 4) is 0 Å². The summed E-state index contributed by atoms with van der Waals surface area (Å²) in [6.45, 7) is 12.6. The minimum atomic E-state index is 0.238. The van der Waals surface area contributed by atoms with Crippen molar-refractivity contribution in [1.29, 1.82) is 0 Å². The molecule has 0 aromatic rings. The van der Waals surface area contributed by atoms with Crippen molar-refractivity contribution < 1.29 is 4.74 Å². The van der Waals surface area contributed by atoms with E-state index in [1.807, 2.05) is 0 Å². The Morgan fingerprint density at radius 1 is 1.11 bits per heavy atom. The Bertz CT molecular complexity index is 248. The SMILES string of the molecule is CCN1CCC(OC2CC(NC(C)(C)C)C2)CC1. The van der Waals surface area contributed by atoms with E-state index in [9.17, 15) is 0 Å². The van der Waals surface area contributed by atoms with Gasteiger partial charge in [0.2, 0.25) is 0 Å². The summed E-state index contributed by atoms with van der Waals surface area (Å²) in [4.78, 5) is 2.52. The quantitative estimate of drug-likeness (QED) is 0.834. The molecule has 0 atom stereocenters. The van der Waals surface area contributed by atoms with Gasteiger partial charge in [-0.3, -0.25) is 0 Å². The molecule has 2 rings (SSSR count). The maximum Gasteiger partial charge on any atom is 0.0608 e. The summed E-state index contributed by atoms with van der Waals surface area (Å²) >= 11 is 0. The van der Waals surface area contributed by atoms with Gasteiger partial charge in [-0.1, -0.05) is 6.92 Å². The molecule has 1 saturated carbocycles. The molecule has 0 amide bonds. The van der Waals surface area contributed by atoms with Gasteiger partial charge in [0.05, 0.1) is 12.2 Å². The maximum absolute atomic E-state index is 6.20. The summed E-state index contributed by atoms with van der Waals surface area (Å²) in [6, 6.07) is 0.672. The Labute approximate surface area is 112 Å². The minimum Gasteiger partial charge on any atom is -0.375 e. The summed E-state index contributed by atoms with van der Waals surface area (Å²) in [5.41, 5.74) is 0.238. The van der Waals surface area contributed by atoms with Gasteiger partial charge in [0.15, 0.2) is 0 Å². The Morgan fingerprint density at radius 2 is 1.72 bits per heavy atom. The van der Waals surface area contributed by atoms with Crippen molar-refractivity contribution >= 4 is 0 Å². The van der Waals surface area contributed by atoms with Crippen molar-refractivity contribution in [2.45, 2.75) is 77.2 Å². The number of hydrogen-bond donors (Lipinski definition) is 1. The highest BCUT2D eigenvalue weighted by Gasteiger charge is 2.34. The summed E-state index contributed by atoms with van der Waals surface area (Å²) < 4.78 is 6.20. The van der Waals surface area contributed by atoms with Crippen LogP contribution < -0.4 is 5.32 Å². The van der Waals surface area contributed by atoms with E-state index in [1.54, 1.807) is 0 Å². The van der Waals surface area contributed by atoms with Crippen LogP contribution in [0.3, 0.4) is 0 Å². The first-order chi connectivity index (χ1) is 8.46. The molecule has 1 saturated heterocycles. The molecule has 3 heteroatoms. The molecule has 1 N–H and O–H groups in total. The highest BCUT2D eigenvalue weighted by atomic mass is 16.5. The fraction of sp³-hybridized carbons (Fsp3) is 1.00. The van der Waals surface area contributed by atoms with Crippen LogP contribution >= 0.6 is 0 Å². The zero-order chi connectivity index (χ0) is 13.2. The number of rotatable bonds is 4. The summed E-state index contributed by atoms with van der Waals surface area (Å²) in [7, 11) is 0. The predicted octanol–water partition coefficient (Wildman–Crippen LogP) is 2.41. The lowest BCUT2D eigenvalue weighted by Crippen LogP contribution is -2.53. The maximum atomic E-state index is 6.20. The van der Waals surface area contributed by atoms with E-state index in [1.165, 1.54) is 45.3 Å². The van der Waals surface area contributed by atoms with Gasteiger partial charge in [0.1, 0.15) is 0 Å². The largest absolute Gasteiger partial charge is 0.375 e. The lowest BCUT2D eigenvalue weighted by Gasteiger charge is -2.42. The normalized spacial score (nSPS) is 31.3. The minimum absolute atomic E-state index is 0.238. The van der Waals surface area contributed by atoms with Gasteiger partial charge in [0, 0.05) is 24.7 Å². The fourth-order valence-electron chi connectivity index (χ4n) is 3.04. The van der Waals surface area contributed by atoms with E-state index in [2.05, 4.69) is 37.9 Å². The molecule has 2 fully saturated rings. The van der Waals surface area contributed by atoms with Crippen molar-refractivity contribution in [1.82, 2.24) is 10.2 Å². The zero-order valence-electron chi connectivity index (χ0n) is 12.5. The Morgan fingerprint density at radius 3 is 2.22 bits per heavy atom. The molecule has 3 nitrogen and oxygen atoms in total. The van der Waals surface area contributed by atoms with Crippen LogP contribution in [0.5, 0.6) is 0 Å². The zero-order valence-corrected chi connectivity index (χ0v) is 12.5. The van der Waals surface area contributed by atoms with Crippen molar-refractivity contribution in [2.75, 3.05) is 19.6 Å². The monoisotopic (exact) mass is 254 g/mol. The number of ether oxygens (including phenoxy) is 1. The molecule has 1 aliphatic heterocycles. The smallest absolute Gasteiger partial charge is 0.0608 e. The first-order valence-electron chi connectivity index (χ1n) is 7.62. The van der Waals surface area contributed by atoms with E-state index in [4.69, 9.17) is 4.74 Å². The second-order valence-corrected chi connectivity index (χ2v) is 6.95. The van der Waals surface area contributed by atoms with Gasteiger partial charge < -0.3 is 15.0 Å². The highest BCUT2D eigenvalue weighted by Crippen LogP contribution is 2.28. The second-order valence-electron chi connectivity index (χ2n) is 6.95. The van der Waals surface area contributed by atoms with Crippen LogP contribution in [0.15, 0.2) is 0 Å². The van der Waals surface area contributed by atoms with Gasteiger partial charge in [0.25, 0.3) is 0 Å². The van der Waals surface area contributed by atoms with Gasteiger partial charge in [-0.15, -0.1) is 0 Å². The Hall–Kier alpha value is -0.120. The van der Waals surface area contributed by atoms with Crippen LogP contribution in [-0.4, -0.2) is 48.3 Å². The van der Waals surface area contributed by atoms with Crippen molar-refractivity contribution in [2.24, 2.45) is 0 Å². The molecule has 1 aliphatic carbocycles. The highest BCUT2D eigenvalue weighted by molar-refractivity contribution is 4.91. The van der Waals surface area contributed by atoms with Gasteiger partial charge in [-0.2, -0.15) is 0 Å². The second kappa shape index (κ2) is 5.89. The summed E-state index contributed by atoms with van der Waals surface area (Å²) in [5.74, 6) is 0. The number of likely N-dealkylation sites (tertiary alicyclic amines) is 1. The van der Waals surface area contributed by atoms with Crippen molar-refractivity contribution in [3.63, 3.8) is 0 Å². The van der Waals surface area contributed by atoms with Crippen LogP contribution in [-0.2, 0) is 4.74 Å². The molecule has 18 heavy (non-hydrogen) atoms. The average molecular weight is 254 g/mol. The molecule has 106 valence electrons. The number of nitrogens with one attached hydrogen (secondary N) is 1. The average Bonchev–Trinajstić information content (AvgIpc) is 2.25. The lowest BCUT2D eigenvalue weighted by atomic mass is 9.87. The van der Waals surface area contributed by atoms with E-state index < -0.39 is 0 Å². The van der Waals surface area contributed by atoms with E-state index in [-0.39, 0.29) is 5.54 Å². The molecule has 1 heterocycles. The van der Waals surface area contributed by atoms with Crippen molar-refractivity contribution in [3.05, 3.63) is 0 Å². The molecule has 0 unspecified atom stereocenters. The summed E-state index contributed by atoms with van der Waals surface area (Å²) in [6.07, 6.45) is 5.89. The number of nitrogens with zero attached hydrogens (tertiary/aromatic N) is 1. The predicted molar refractivity (Wildman–Crippen MR) is 75.9 cm³/mol. The Kier molecular flexibility index (Phi) is 4.68. The van der Waals surface area contributed by atoms with E-state index >= 15 is 0 Å².